The highest BCUT2D eigenvalue weighted by atomic mass is 79.9. The number of benzene rings is 1. The number of hydrogen-bond donors (Lipinski definition) is 2. The van der Waals surface area contributed by atoms with Gasteiger partial charge in [0.2, 0.25) is 0 Å². The zero-order chi connectivity index (χ0) is 15.2. The maximum absolute atomic E-state index is 11.3. The van der Waals surface area contributed by atoms with Crippen molar-refractivity contribution in [1.82, 2.24) is 5.32 Å². The van der Waals surface area contributed by atoms with Crippen LogP contribution in [0.15, 0.2) is 22.7 Å². The molecule has 4 nitrogen and oxygen atoms in total. The molecule has 1 saturated heterocycles. The molecule has 0 aromatic heterocycles. The van der Waals surface area contributed by atoms with Gasteiger partial charge in [-0.15, -0.1) is 0 Å². The van der Waals surface area contributed by atoms with Crippen LogP contribution in [-0.2, 0) is 10.8 Å². The summed E-state index contributed by atoms with van der Waals surface area (Å²) in [6, 6.07) is 6.23. The first-order valence-corrected chi connectivity index (χ1v) is 9.48. The average molecular weight is 376 g/mol. The zero-order valence-corrected chi connectivity index (χ0v) is 14.6. The van der Waals surface area contributed by atoms with Crippen molar-refractivity contribution in [3.63, 3.8) is 0 Å². The van der Waals surface area contributed by atoms with Crippen LogP contribution in [0.5, 0.6) is 5.75 Å². The minimum absolute atomic E-state index is 0.257. The summed E-state index contributed by atoms with van der Waals surface area (Å²) in [4.78, 5) is 0. The van der Waals surface area contributed by atoms with Crippen molar-refractivity contribution in [2.75, 3.05) is 24.7 Å². The van der Waals surface area contributed by atoms with E-state index in [-0.39, 0.29) is 6.61 Å². The van der Waals surface area contributed by atoms with Crippen LogP contribution < -0.4 is 10.1 Å². The highest BCUT2D eigenvalue weighted by Crippen LogP contribution is 2.25. The summed E-state index contributed by atoms with van der Waals surface area (Å²) in [5.41, 5.74) is 1.16. The van der Waals surface area contributed by atoms with E-state index in [1.165, 1.54) is 0 Å². The summed E-state index contributed by atoms with van der Waals surface area (Å²) in [5, 5.41) is 13.3. The molecule has 0 aliphatic carbocycles. The van der Waals surface area contributed by atoms with Crippen molar-refractivity contribution in [1.29, 1.82) is 0 Å². The Balaban J connectivity index is 1.69. The molecule has 0 spiro atoms. The van der Waals surface area contributed by atoms with Crippen molar-refractivity contribution >= 4 is 26.7 Å². The largest absolute Gasteiger partial charge is 0.490 e. The quantitative estimate of drug-likeness (QED) is 0.798. The van der Waals surface area contributed by atoms with E-state index in [2.05, 4.69) is 21.2 Å². The van der Waals surface area contributed by atoms with Crippen LogP contribution in [0.1, 0.15) is 18.4 Å². The Morgan fingerprint density at radius 1 is 1.48 bits per heavy atom. The Bertz CT molecular complexity index is 488. The Morgan fingerprint density at radius 2 is 2.19 bits per heavy atom. The Hall–Kier alpha value is -0.430. The third kappa shape index (κ3) is 5.70. The van der Waals surface area contributed by atoms with E-state index >= 15 is 0 Å². The molecule has 0 bridgehead atoms. The van der Waals surface area contributed by atoms with Crippen LogP contribution in [-0.4, -0.2) is 46.1 Å². The molecule has 21 heavy (non-hydrogen) atoms. The molecule has 1 unspecified atom stereocenters. The lowest BCUT2D eigenvalue weighted by Crippen LogP contribution is -2.41. The molecular formula is C15H22BrNO3S. The summed E-state index contributed by atoms with van der Waals surface area (Å²) < 4.78 is 17.8. The van der Waals surface area contributed by atoms with Gasteiger partial charge in [-0.3, -0.25) is 4.21 Å². The number of ether oxygens (including phenoxy) is 1. The monoisotopic (exact) mass is 375 g/mol. The van der Waals surface area contributed by atoms with Gasteiger partial charge in [0.1, 0.15) is 18.5 Å². The molecule has 2 N–H and O–H groups in total. The van der Waals surface area contributed by atoms with Crippen LogP contribution in [0.4, 0.5) is 0 Å². The van der Waals surface area contributed by atoms with Crippen molar-refractivity contribution in [2.45, 2.75) is 31.9 Å². The lowest BCUT2D eigenvalue weighted by molar-refractivity contribution is 0.103. The fourth-order valence-electron chi connectivity index (χ4n) is 2.27. The second-order valence-electron chi connectivity index (χ2n) is 5.43. The van der Waals surface area contributed by atoms with Crippen molar-refractivity contribution in [3.05, 3.63) is 28.2 Å². The van der Waals surface area contributed by atoms with Crippen LogP contribution in [0.25, 0.3) is 0 Å². The molecule has 1 aromatic rings. The first kappa shape index (κ1) is 16.9. The molecule has 1 heterocycles. The first-order chi connectivity index (χ1) is 10.0. The fraction of sp³-hybridized carbons (Fsp3) is 0.600. The summed E-state index contributed by atoms with van der Waals surface area (Å²) in [6.07, 6.45) is 1.29. The standard InChI is InChI=1S/C15H22BrNO3S/c1-11-2-3-15(14(16)8-11)20-10-13(18)9-17-12-4-6-21(19)7-5-12/h2-3,8,12-13,17-18H,4-7,9-10H2,1H3. The Morgan fingerprint density at radius 3 is 2.86 bits per heavy atom. The summed E-state index contributed by atoms with van der Waals surface area (Å²) in [7, 11) is -0.641. The lowest BCUT2D eigenvalue weighted by Gasteiger charge is -2.24. The highest BCUT2D eigenvalue weighted by Gasteiger charge is 2.18. The van der Waals surface area contributed by atoms with E-state index < -0.39 is 16.9 Å². The maximum atomic E-state index is 11.3. The molecule has 1 aromatic carbocycles. The van der Waals surface area contributed by atoms with Gasteiger partial charge in [-0.1, -0.05) is 6.07 Å². The number of hydrogen-bond acceptors (Lipinski definition) is 4. The topological polar surface area (TPSA) is 58.6 Å². The van der Waals surface area contributed by atoms with E-state index in [4.69, 9.17) is 4.74 Å². The smallest absolute Gasteiger partial charge is 0.133 e. The van der Waals surface area contributed by atoms with E-state index in [1.54, 1.807) is 0 Å². The number of halogens is 1. The normalized spacial score (nSPS) is 23.8. The third-order valence-corrected chi connectivity index (χ3v) is 5.55. The SMILES string of the molecule is Cc1ccc(OCC(O)CNC2CCS(=O)CC2)c(Br)c1. The van der Waals surface area contributed by atoms with Gasteiger partial charge in [0.15, 0.2) is 0 Å². The maximum Gasteiger partial charge on any atom is 0.133 e. The molecule has 1 aliphatic rings. The lowest BCUT2D eigenvalue weighted by atomic mass is 10.1. The minimum atomic E-state index is -0.641. The number of aliphatic hydroxyl groups excluding tert-OH is 1. The molecule has 1 atom stereocenters. The van der Waals surface area contributed by atoms with Crippen molar-refractivity contribution < 1.29 is 14.1 Å². The van der Waals surface area contributed by atoms with Gasteiger partial charge in [0, 0.05) is 34.9 Å². The van der Waals surface area contributed by atoms with E-state index in [0.717, 1.165) is 40.1 Å². The van der Waals surface area contributed by atoms with E-state index in [9.17, 15) is 9.32 Å². The average Bonchev–Trinajstić information content (AvgIpc) is 2.46. The van der Waals surface area contributed by atoms with Gasteiger partial charge in [-0.2, -0.15) is 0 Å². The van der Waals surface area contributed by atoms with Gasteiger partial charge < -0.3 is 15.2 Å². The number of nitrogens with one attached hydrogen (secondary N) is 1. The Labute approximate surface area is 136 Å². The van der Waals surface area contributed by atoms with Crippen LogP contribution >= 0.6 is 15.9 Å². The number of aryl methyl sites for hydroxylation is 1. The predicted molar refractivity (Wildman–Crippen MR) is 89.3 cm³/mol. The van der Waals surface area contributed by atoms with Gasteiger partial charge in [-0.05, 0) is 53.4 Å². The van der Waals surface area contributed by atoms with Crippen LogP contribution in [0, 0.1) is 6.92 Å². The number of rotatable bonds is 6. The van der Waals surface area contributed by atoms with Crippen molar-refractivity contribution in [2.24, 2.45) is 0 Å². The number of aliphatic hydroxyl groups is 1. The molecule has 0 amide bonds. The molecule has 2 rings (SSSR count). The van der Waals surface area contributed by atoms with Gasteiger partial charge in [-0.25, -0.2) is 0 Å². The molecular weight excluding hydrogens is 354 g/mol. The van der Waals surface area contributed by atoms with Gasteiger partial charge in [0.25, 0.3) is 0 Å². The highest BCUT2D eigenvalue weighted by molar-refractivity contribution is 9.10. The molecule has 0 saturated carbocycles. The zero-order valence-electron chi connectivity index (χ0n) is 12.2. The second-order valence-corrected chi connectivity index (χ2v) is 7.98. The summed E-state index contributed by atoms with van der Waals surface area (Å²) in [6.45, 7) is 2.78. The van der Waals surface area contributed by atoms with Crippen LogP contribution in [0.3, 0.4) is 0 Å². The molecule has 0 radical (unpaired) electrons. The third-order valence-electron chi connectivity index (χ3n) is 3.55. The first-order valence-electron chi connectivity index (χ1n) is 7.20. The molecule has 1 fully saturated rings. The van der Waals surface area contributed by atoms with Crippen molar-refractivity contribution in [3.8, 4) is 5.75 Å². The molecule has 118 valence electrons. The molecule has 6 heteroatoms. The van der Waals surface area contributed by atoms with Gasteiger partial charge in [0.05, 0.1) is 4.47 Å². The summed E-state index contributed by atoms with van der Waals surface area (Å²) >= 11 is 3.45. The second kappa shape index (κ2) is 8.27. The minimum Gasteiger partial charge on any atom is -0.490 e. The Kier molecular flexibility index (Phi) is 6.67. The van der Waals surface area contributed by atoms with E-state index in [1.807, 2.05) is 25.1 Å². The van der Waals surface area contributed by atoms with Gasteiger partial charge >= 0.3 is 0 Å². The summed E-state index contributed by atoms with van der Waals surface area (Å²) in [5.74, 6) is 2.27. The van der Waals surface area contributed by atoms with E-state index in [0.29, 0.717) is 12.6 Å². The fourth-order valence-corrected chi connectivity index (χ4v) is 4.18. The van der Waals surface area contributed by atoms with Crippen LogP contribution in [0.2, 0.25) is 0 Å². The molecule has 1 aliphatic heterocycles. The predicted octanol–water partition coefficient (Wildman–Crippen LogP) is 2.00.